The third kappa shape index (κ3) is 5.36. The van der Waals surface area contributed by atoms with E-state index in [1.165, 1.54) is 6.21 Å². The van der Waals surface area contributed by atoms with Crippen molar-refractivity contribution in [1.82, 2.24) is 34.6 Å². The maximum Gasteiger partial charge on any atom is 0.0999 e. The van der Waals surface area contributed by atoms with Gasteiger partial charge < -0.3 is 20.7 Å². The van der Waals surface area contributed by atoms with E-state index in [4.69, 9.17) is 10.4 Å². The Morgan fingerprint density at radius 1 is 1.26 bits per heavy atom. The maximum atomic E-state index is 10.0. The number of rotatable bonds is 11. The van der Waals surface area contributed by atoms with Crippen LogP contribution in [0.1, 0.15) is 38.4 Å². The molecule has 1 atom stereocenters. The van der Waals surface area contributed by atoms with Crippen LogP contribution in [-0.2, 0) is 0 Å². The first-order valence-corrected chi connectivity index (χ1v) is 10.6. The monoisotopic (exact) mass is 424 g/mol. The molecule has 9 nitrogen and oxygen atoms in total. The average Bonchev–Trinajstić information content (AvgIpc) is 3.41. The van der Waals surface area contributed by atoms with Gasteiger partial charge in [0, 0.05) is 42.8 Å². The zero-order chi connectivity index (χ0) is 22.4. The number of aliphatic hydroxyl groups is 1. The second-order valence-electron chi connectivity index (χ2n) is 7.88. The van der Waals surface area contributed by atoms with Crippen LogP contribution in [0.25, 0.3) is 22.3 Å². The van der Waals surface area contributed by atoms with Crippen molar-refractivity contribution in [3.8, 4) is 11.3 Å². The first-order valence-electron chi connectivity index (χ1n) is 10.6. The van der Waals surface area contributed by atoms with Crippen molar-refractivity contribution < 1.29 is 5.11 Å². The molecule has 0 aliphatic rings. The standard InChI is InChI=1S/C22H32N8O/c1-5-18(6-2)29-13-17(11-26-29)22-21-7-8-25-30(21)15-20(27-22)16(9-23)10-24-12-19(31)14-28(3)4/h7-11,13,15,18-19,23-24,31H,5-6,12,14H2,1-4H3/b16-10+,23-9?. The SMILES string of the molecule is CCC(CC)n1cc(-c2nc(/C(C=N)=C/NCC(O)CN(C)C)cn3nccc23)cn1. The van der Waals surface area contributed by atoms with Gasteiger partial charge in [0.15, 0.2) is 0 Å². The van der Waals surface area contributed by atoms with E-state index in [1.807, 2.05) is 42.1 Å². The number of aliphatic hydroxyl groups excluding tert-OH is 1. The van der Waals surface area contributed by atoms with Gasteiger partial charge in [0.1, 0.15) is 0 Å². The lowest BCUT2D eigenvalue weighted by atomic mass is 10.1. The molecule has 0 amide bonds. The number of aromatic nitrogens is 5. The summed E-state index contributed by atoms with van der Waals surface area (Å²) >= 11 is 0. The van der Waals surface area contributed by atoms with Gasteiger partial charge in [-0.1, -0.05) is 13.8 Å². The van der Waals surface area contributed by atoms with Crippen LogP contribution in [0.4, 0.5) is 0 Å². The highest BCUT2D eigenvalue weighted by atomic mass is 16.3. The Morgan fingerprint density at radius 3 is 2.71 bits per heavy atom. The minimum Gasteiger partial charge on any atom is -0.390 e. The van der Waals surface area contributed by atoms with Crippen LogP contribution in [0, 0.1) is 5.41 Å². The second-order valence-corrected chi connectivity index (χ2v) is 7.88. The van der Waals surface area contributed by atoms with Crippen molar-refractivity contribution in [2.75, 3.05) is 27.2 Å². The van der Waals surface area contributed by atoms with E-state index in [2.05, 4.69) is 29.4 Å². The molecule has 0 aliphatic carbocycles. The van der Waals surface area contributed by atoms with Crippen molar-refractivity contribution >= 4 is 17.3 Å². The van der Waals surface area contributed by atoms with Gasteiger partial charge in [0.05, 0.1) is 47.6 Å². The number of likely N-dealkylation sites (N-methyl/N-ethyl adjacent to an activating group) is 1. The van der Waals surface area contributed by atoms with E-state index >= 15 is 0 Å². The van der Waals surface area contributed by atoms with Crippen molar-refractivity contribution in [2.24, 2.45) is 0 Å². The summed E-state index contributed by atoms with van der Waals surface area (Å²) in [6.07, 6.45) is 11.9. The molecule has 0 saturated carbocycles. The molecule has 0 aromatic carbocycles. The summed E-state index contributed by atoms with van der Waals surface area (Å²) in [6, 6.07) is 2.28. The molecule has 0 radical (unpaired) electrons. The maximum absolute atomic E-state index is 10.0. The van der Waals surface area contributed by atoms with Gasteiger partial charge in [-0.15, -0.1) is 0 Å². The zero-order valence-corrected chi connectivity index (χ0v) is 18.7. The molecular formula is C22H32N8O. The molecule has 31 heavy (non-hydrogen) atoms. The Balaban J connectivity index is 1.92. The average molecular weight is 425 g/mol. The highest BCUT2D eigenvalue weighted by molar-refractivity contribution is 6.07. The number of fused-ring (bicyclic) bond motifs is 1. The molecule has 0 aliphatic heterocycles. The molecule has 1 unspecified atom stereocenters. The molecule has 3 rings (SSSR count). The Kier molecular flexibility index (Phi) is 7.54. The summed E-state index contributed by atoms with van der Waals surface area (Å²) in [5, 5.41) is 29.9. The van der Waals surface area contributed by atoms with E-state index < -0.39 is 6.10 Å². The van der Waals surface area contributed by atoms with Crippen LogP contribution < -0.4 is 5.32 Å². The van der Waals surface area contributed by atoms with Crippen LogP contribution in [0.5, 0.6) is 0 Å². The third-order valence-electron chi connectivity index (χ3n) is 5.22. The summed E-state index contributed by atoms with van der Waals surface area (Å²) in [5.74, 6) is 0. The first kappa shape index (κ1) is 22.6. The molecule has 166 valence electrons. The Labute approximate surface area is 182 Å². The molecule has 0 fully saturated rings. The highest BCUT2D eigenvalue weighted by Gasteiger charge is 2.15. The number of nitrogens with one attached hydrogen (secondary N) is 2. The minimum atomic E-state index is -0.508. The molecule has 0 spiro atoms. The molecule has 3 aromatic heterocycles. The summed E-state index contributed by atoms with van der Waals surface area (Å²) in [5.41, 5.74) is 3.78. The zero-order valence-electron chi connectivity index (χ0n) is 18.7. The molecule has 3 N–H and O–H groups in total. The lowest BCUT2D eigenvalue weighted by Crippen LogP contribution is -2.33. The van der Waals surface area contributed by atoms with Crippen molar-refractivity contribution in [3.05, 3.63) is 42.7 Å². The quantitative estimate of drug-likeness (QED) is 0.408. The fourth-order valence-electron chi connectivity index (χ4n) is 3.58. The largest absolute Gasteiger partial charge is 0.390 e. The molecule has 0 bridgehead atoms. The number of hydrogen-bond acceptors (Lipinski definition) is 7. The Hall–Kier alpha value is -3.04. The normalized spacial score (nSPS) is 13.3. The molecule has 3 aromatic rings. The van der Waals surface area contributed by atoms with Gasteiger partial charge in [-0.25, -0.2) is 9.50 Å². The van der Waals surface area contributed by atoms with Gasteiger partial charge in [-0.3, -0.25) is 4.68 Å². The smallest absolute Gasteiger partial charge is 0.0999 e. The van der Waals surface area contributed by atoms with Crippen molar-refractivity contribution in [3.63, 3.8) is 0 Å². The summed E-state index contributed by atoms with van der Waals surface area (Å²) < 4.78 is 3.77. The first-order chi connectivity index (χ1) is 15.0. The summed E-state index contributed by atoms with van der Waals surface area (Å²) in [6.45, 7) is 5.26. The highest BCUT2D eigenvalue weighted by Crippen LogP contribution is 2.26. The van der Waals surface area contributed by atoms with Crippen LogP contribution in [0.3, 0.4) is 0 Å². The third-order valence-corrected chi connectivity index (χ3v) is 5.22. The number of hydrogen-bond donors (Lipinski definition) is 3. The van der Waals surface area contributed by atoms with Crippen molar-refractivity contribution in [2.45, 2.75) is 38.8 Å². The van der Waals surface area contributed by atoms with E-state index in [-0.39, 0.29) is 0 Å². The van der Waals surface area contributed by atoms with E-state index in [1.54, 1.807) is 23.1 Å². The molecule has 9 heteroatoms. The number of nitrogens with zero attached hydrogens (tertiary/aromatic N) is 6. The van der Waals surface area contributed by atoms with Crippen LogP contribution in [-0.4, -0.2) is 73.9 Å². The predicted molar refractivity (Wildman–Crippen MR) is 123 cm³/mol. The fourth-order valence-corrected chi connectivity index (χ4v) is 3.58. The van der Waals surface area contributed by atoms with E-state index in [9.17, 15) is 5.11 Å². The van der Waals surface area contributed by atoms with Crippen LogP contribution in [0.2, 0.25) is 0 Å². The molecule has 3 heterocycles. The topological polar surface area (TPSA) is 107 Å². The van der Waals surface area contributed by atoms with Gasteiger partial charge in [0.25, 0.3) is 0 Å². The van der Waals surface area contributed by atoms with Gasteiger partial charge >= 0.3 is 0 Å². The fraction of sp³-hybridized carbons (Fsp3) is 0.455. The van der Waals surface area contributed by atoms with Gasteiger partial charge in [0.2, 0.25) is 0 Å². The lowest BCUT2D eigenvalue weighted by Gasteiger charge is -2.16. The van der Waals surface area contributed by atoms with Crippen LogP contribution >= 0.6 is 0 Å². The van der Waals surface area contributed by atoms with E-state index in [0.29, 0.717) is 30.4 Å². The summed E-state index contributed by atoms with van der Waals surface area (Å²) in [4.78, 5) is 6.77. The Morgan fingerprint density at radius 2 is 2.03 bits per heavy atom. The Bertz CT molecular complexity index is 1030. The molecular weight excluding hydrogens is 392 g/mol. The van der Waals surface area contributed by atoms with Gasteiger partial charge in [-0.2, -0.15) is 10.2 Å². The predicted octanol–water partition coefficient (Wildman–Crippen LogP) is 2.46. The lowest BCUT2D eigenvalue weighted by molar-refractivity contribution is 0.138. The van der Waals surface area contributed by atoms with Gasteiger partial charge in [-0.05, 0) is 33.0 Å². The van der Waals surface area contributed by atoms with Crippen molar-refractivity contribution in [1.29, 1.82) is 5.41 Å². The summed E-state index contributed by atoms with van der Waals surface area (Å²) in [7, 11) is 3.83. The number of allylic oxidation sites excluding steroid dienone is 1. The van der Waals surface area contributed by atoms with Crippen LogP contribution in [0.15, 0.2) is 37.1 Å². The van der Waals surface area contributed by atoms with E-state index in [0.717, 1.165) is 29.6 Å². The minimum absolute atomic E-state index is 0.354. The molecule has 0 saturated heterocycles. The second kappa shape index (κ2) is 10.3.